The van der Waals surface area contributed by atoms with E-state index in [-0.39, 0.29) is 17.3 Å². The first-order valence-electron chi connectivity index (χ1n) is 11.2. The van der Waals surface area contributed by atoms with Gasteiger partial charge < -0.3 is 19.0 Å². The van der Waals surface area contributed by atoms with Crippen molar-refractivity contribution in [3.05, 3.63) is 95.6 Å². The monoisotopic (exact) mass is 511 g/mol. The van der Waals surface area contributed by atoms with E-state index in [1.807, 2.05) is 37.3 Å². The first-order valence-corrected chi connectivity index (χ1v) is 12.6. The molecule has 8 nitrogen and oxygen atoms in total. The number of aryl methyl sites for hydroxylation is 1. The molecule has 0 heterocycles. The van der Waals surface area contributed by atoms with E-state index in [2.05, 4.69) is 5.32 Å². The van der Waals surface area contributed by atoms with Crippen LogP contribution in [0, 0.1) is 6.92 Å². The Morgan fingerprint density at radius 1 is 0.889 bits per heavy atom. The molecule has 1 atom stereocenters. The summed E-state index contributed by atoms with van der Waals surface area (Å²) in [5.74, 6) is -0.644. The van der Waals surface area contributed by atoms with Gasteiger partial charge in [-0.05, 0) is 63.1 Å². The predicted molar refractivity (Wildman–Crippen MR) is 134 cm³/mol. The molecule has 0 radical (unpaired) electrons. The number of benzene rings is 3. The normalized spacial score (nSPS) is 12.3. The Hall–Kier alpha value is -3.85. The quantitative estimate of drug-likeness (QED) is 0.332. The lowest BCUT2D eigenvalue weighted by molar-refractivity contribution is -0.157. The third kappa shape index (κ3) is 7.84. The van der Waals surface area contributed by atoms with Crippen molar-refractivity contribution < 1.29 is 31.7 Å². The molecule has 0 saturated carbocycles. The van der Waals surface area contributed by atoms with Crippen LogP contribution in [0.2, 0.25) is 0 Å². The number of alkyl carbamates (subject to hydrolysis) is 1. The van der Waals surface area contributed by atoms with Crippen molar-refractivity contribution in [2.45, 2.75) is 50.8 Å². The van der Waals surface area contributed by atoms with E-state index in [1.54, 1.807) is 32.9 Å². The van der Waals surface area contributed by atoms with Gasteiger partial charge in [-0.15, -0.1) is 0 Å². The van der Waals surface area contributed by atoms with Crippen molar-refractivity contribution in [2.75, 3.05) is 0 Å². The predicted octanol–water partition coefficient (Wildman–Crippen LogP) is 5.07. The Bertz CT molecular complexity index is 1280. The Morgan fingerprint density at radius 3 is 2.08 bits per heavy atom. The fraction of sp³-hybridized carbons (Fsp3) is 0.259. The Balaban J connectivity index is 1.75. The molecule has 0 fully saturated rings. The van der Waals surface area contributed by atoms with Gasteiger partial charge in [-0.25, -0.2) is 9.59 Å². The van der Waals surface area contributed by atoms with Gasteiger partial charge in [0.1, 0.15) is 22.9 Å². The maximum Gasteiger partial charge on any atom is 0.408 e. The van der Waals surface area contributed by atoms with Crippen LogP contribution in [-0.2, 0) is 31.0 Å². The van der Waals surface area contributed by atoms with Crippen LogP contribution in [0.25, 0.3) is 0 Å². The number of hydrogen-bond acceptors (Lipinski definition) is 7. The second-order valence-electron chi connectivity index (χ2n) is 9.09. The van der Waals surface area contributed by atoms with E-state index in [0.717, 1.165) is 11.1 Å². The van der Waals surface area contributed by atoms with Crippen LogP contribution in [0.5, 0.6) is 5.75 Å². The van der Waals surface area contributed by atoms with Crippen molar-refractivity contribution in [1.29, 1.82) is 0 Å². The molecular formula is C27H29NO7S. The molecular weight excluding hydrogens is 482 g/mol. The highest BCUT2D eigenvalue weighted by atomic mass is 32.2. The van der Waals surface area contributed by atoms with Crippen molar-refractivity contribution in [1.82, 2.24) is 5.32 Å². The van der Waals surface area contributed by atoms with Crippen molar-refractivity contribution >= 4 is 22.2 Å². The summed E-state index contributed by atoms with van der Waals surface area (Å²) in [5.41, 5.74) is 1.27. The number of nitrogens with one attached hydrogen (secondary N) is 1. The maximum absolute atomic E-state index is 12.9. The lowest BCUT2D eigenvalue weighted by Gasteiger charge is -2.24. The molecule has 1 unspecified atom stereocenters. The summed E-state index contributed by atoms with van der Waals surface area (Å²) in [7, 11) is -4.04. The van der Waals surface area contributed by atoms with Gasteiger partial charge in [-0.2, -0.15) is 8.42 Å². The van der Waals surface area contributed by atoms with E-state index < -0.39 is 33.8 Å². The Kier molecular flexibility index (Phi) is 8.37. The van der Waals surface area contributed by atoms with E-state index in [4.69, 9.17) is 13.7 Å². The molecule has 3 rings (SSSR count). The first kappa shape index (κ1) is 26.7. The highest BCUT2D eigenvalue weighted by molar-refractivity contribution is 7.87. The number of amides is 1. The highest BCUT2D eigenvalue weighted by Gasteiger charge is 2.29. The Labute approximate surface area is 211 Å². The first-order chi connectivity index (χ1) is 16.9. The van der Waals surface area contributed by atoms with Gasteiger partial charge in [0.15, 0.2) is 6.04 Å². The van der Waals surface area contributed by atoms with Crippen LogP contribution in [0.3, 0.4) is 0 Å². The largest absolute Gasteiger partial charge is 0.458 e. The molecule has 190 valence electrons. The van der Waals surface area contributed by atoms with Crippen LogP contribution in [-0.4, -0.2) is 26.1 Å². The second-order valence-corrected chi connectivity index (χ2v) is 10.6. The summed E-state index contributed by atoms with van der Waals surface area (Å²) in [6.07, 6.45) is -0.808. The summed E-state index contributed by atoms with van der Waals surface area (Å²) in [5, 5.41) is 2.53. The van der Waals surface area contributed by atoms with E-state index in [1.165, 1.54) is 36.4 Å². The topological polar surface area (TPSA) is 108 Å². The van der Waals surface area contributed by atoms with Crippen LogP contribution in [0.15, 0.2) is 83.8 Å². The summed E-state index contributed by atoms with van der Waals surface area (Å²) in [4.78, 5) is 25.4. The Morgan fingerprint density at radius 2 is 1.50 bits per heavy atom. The summed E-state index contributed by atoms with van der Waals surface area (Å²) in [6, 6.07) is 19.9. The third-order valence-electron chi connectivity index (χ3n) is 4.85. The summed E-state index contributed by atoms with van der Waals surface area (Å²) in [6.45, 7) is 7.01. The lowest BCUT2D eigenvalue weighted by Crippen LogP contribution is -2.38. The highest BCUT2D eigenvalue weighted by Crippen LogP contribution is 2.24. The van der Waals surface area contributed by atoms with Gasteiger partial charge in [-0.3, -0.25) is 0 Å². The zero-order valence-corrected chi connectivity index (χ0v) is 21.4. The molecule has 36 heavy (non-hydrogen) atoms. The van der Waals surface area contributed by atoms with Gasteiger partial charge in [0.05, 0.1) is 0 Å². The molecule has 1 amide bonds. The fourth-order valence-electron chi connectivity index (χ4n) is 3.12. The molecule has 3 aromatic carbocycles. The molecule has 0 saturated heterocycles. The van der Waals surface area contributed by atoms with Crippen molar-refractivity contribution in [3.63, 3.8) is 0 Å². The number of carbonyl (C=O) groups is 2. The van der Waals surface area contributed by atoms with E-state index in [0.29, 0.717) is 5.56 Å². The zero-order chi connectivity index (χ0) is 26.3. The average Bonchev–Trinajstić information content (AvgIpc) is 2.81. The summed E-state index contributed by atoms with van der Waals surface area (Å²) < 4.78 is 41.0. The standard InChI is InChI=1S/C27H29NO7S/c1-19-10-16-23(17-11-19)36(31,32)35-22-14-12-21(13-15-22)24(25(29)34-27(2,3)4)28-26(30)33-18-20-8-6-5-7-9-20/h5-17,24H,18H2,1-4H3,(H,28,30). The van der Waals surface area contributed by atoms with Crippen LogP contribution in [0.4, 0.5) is 4.79 Å². The van der Waals surface area contributed by atoms with E-state index >= 15 is 0 Å². The minimum Gasteiger partial charge on any atom is -0.458 e. The van der Waals surface area contributed by atoms with Crippen LogP contribution >= 0.6 is 0 Å². The second kappa shape index (κ2) is 11.3. The SMILES string of the molecule is Cc1ccc(S(=O)(=O)Oc2ccc(C(NC(=O)OCc3ccccc3)C(=O)OC(C)(C)C)cc2)cc1. The van der Waals surface area contributed by atoms with Crippen molar-refractivity contribution in [3.8, 4) is 5.75 Å². The van der Waals surface area contributed by atoms with Gasteiger partial charge in [0.25, 0.3) is 0 Å². The number of rotatable bonds is 8. The minimum absolute atomic E-state index is 0.0200. The van der Waals surface area contributed by atoms with Crippen molar-refractivity contribution in [2.24, 2.45) is 0 Å². The molecule has 0 aliphatic rings. The van der Waals surface area contributed by atoms with Gasteiger partial charge >= 0.3 is 22.2 Å². The number of esters is 1. The molecule has 0 aromatic heterocycles. The lowest BCUT2D eigenvalue weighted by atomic mass is 10.1. The number of ether oxygens (including phenoxy) is 2. The smallest absolute Gasteiger partial charge is 0.408 e. The fourth-order valence-corrected chi connectivity index (χ4v) is 4.05. The maximum atomic E-state index is 12.9. The van der Waals surface area contributed by atoms with E-state index in [9.17, 15) is 18.0 Å². The molecule has 0 aliphatic carbocycles. The minimum atomic E-state index is -4.04. The molecule has 3 aromatic rings. The molecule has 1 N–H and O–H groups in total. The summed E-state index contributed by atoms with van der Waals surface area (Å²) >= 11 is 0. The molecule has 0 spiro atoms. The number of hydrogen-bond donors (Lipinski definition) is 1. The number of carbonyl (C=O) groups excluding carboxylic acids is 2. The molecule has 0 bridgehead atoms. The van der Waals surface area contributed by atoms with Crippen LogP contribution in [0.1, 0.15) is 43.5 Å². The molecule has 0 aliphatic heterocycles. The zero-order valence-electron chi connectivity index (χ0n) is 20.6. The average molecular weight is 512 g/mol. The van der Waals surface area contributed by atoms with Crippen LogP contribution < -0.4 is 9.50 Å². The molecule has 9 heteroatoms. The third-order valence-corrected chi connectivity index (χ3v) is 6.11. The van der Waals surface area contributed by atoms with Gasteiger partial charge in [0, 0.05) is 0 Å². The van der Waals surface area contributed by atoms with Gasteiger partial charge in [-0.1, -0.05) is 60.2 Å². The van der Waals surface area contributed by atoms with Gasteiger partial charge in [0.2, 0.25) is 0 Å².